The molecule has 0 atom stereocenters. The van der Waals surface area contributed by atoms with Crippen LogP contribution in [0.3, 0.4) is 0 Å². The molecular weight excluding hydrogens is 530 g/mol. The number of phenols is 1. The van der Waals surface area contributed by atoms with Crippen LogP contribution in [0.2, 0.25) is 5.02 Å². The van der Waals surface area contributed by atoms with Gasteiger partial charge in [0.25, 0.3) is 16.0 Å². The summed E-state index contributed by atoms with van der Waals surface area (Å²) in [5.74, 6) is -0.620. The maximum Gasteiger partial charge on any atom is 0.298 e. The molecule has 38 heavy (non-hydrogen) atoms. The van der Waals surface area contributed by atoms with E-state index in [1.54, 1.807) is 48.5 Å². The van der Waals surface area contributed by atoms with Gasteiger partial charge in [-0.05, 0) is 54.6 Å². The Balaban J connectivity index is 1.84. The highest BCUT2D eigenvalue weighted by atomic mass is 35.5. The van der Waals surface area contributed by atoms with E-state index in [1.165, 1.54) is 18.2 Å². The SMILES string of the molecule is CCOc1ccccc1NC(=O)c1cc2ccccc2c(N=Nc2cc(CC)cc(Cl)c2S(=O)(=O)O)c1O. The minimum Gasteiger partial charge on any atom is -0.505 e. The van der Waals surface area contributed by atoms with E-state index < -0.39 is 26.7 Å². The first-order valence-corrected chi connectivity index (χ1v) is 13.4. The van der Waals surface area contributed by atoms with Gasteiger partial charge in [-0.1, -0.05) is 54.9 Å². The molecule has 4 rings (SSSR count). The molecule has 0 saturated heterocycles. The smallest absolute Gasteiger partial charge is 0.298 e. The number of azo groups is 1. The number of rotatable bonds is 8. The quantitative estimate of drug-likeness (QED) is 0.157. The van der Waals surface area contributed by atoms with Gasteiger partial charge in [0.1, 0.15) is 22.0 Å². The molecule has 0 aromatic heterocycles. The van der Waals surface area contributed by atoms with Crippen molar-refractivity contribution < 1.29 is 27.6 Å². The van der Waals surface area contributed by atoms with E-state index in [0.717, 1.165) is 0 Å². The molecule has 0 saturated carbocycles. The van der Waals surface area contributed by atoms with Crippen molar-refractivity contribution in [3.8, 4) is 11.5 Å². The number of ether oxygens (including phenoxy) is 1. The molecule has 4 aromatic carbocycles. The van der Waals surface area contributed by atoms with Crippen LogP contribution in [-0.4, -0.2) is 30.6 Å². The summed E-state index contributed by atoms with van der Waals surface area (Å²) in [4.78, 5) is 12.6. The van der Waals surface area contributed by atoms with Crippen LogP contribution in [-0.2, 0) is 16.5 Å². The van der Waals surface area contributed by atoms with Gasteiger partial charge < -0.3 is 15.2 Å². The molecule has 0 unspecified atom stereocenters. The van der Waals surface area contributed by atoms with Crippen LogP contribution in [0.4, 0.5) is 17.1 Å². The molecule has 9 nitrogen and oxygen atoms in total. The topological polar surface area (TPSA) is 138 Å². The number of fused-ring (bicyclic) bond motifs is 1. The second kappa shape index (κ2) is 11.2. The van der Waals surface area contributed by atoms with E-state index in [0.29, 0.717) is 40.8 Å². The summed E-state index contributed by atoms with van der Waals surface area (Å²) >= 11 is 6.13. The van der Waals surface area contributed by atoms with Crippen LogP contribution in [0.25, 0.3) is 10.8 Å². The van der Waals surface area contributed by atoms with E-state index in [-0.39, 0.29) is 22.0 Å². The van der Waals surface area contributed by atoms with E-state index in [4.69, 9.17) is 16.3 Å². The molecule has 4 aromatic rings. The zero-order valence-electron chi connectivity index (χ0n) is 20.5. The molecule has 11 heteroatoms. The van der Waals surface area contributed by atoms with Crippen molar-refractivity contribution in [1.82, 2.24) is 0 Å². The van der Waals surface area contributed by atoms with Crippen LogP contribution in [0, 0.1) is 0 Å². The Kier molecular flexibility index (Phi) is 7.96. The number of benzene rings is 4. The van der Waals surface area contributed by atoms with E-state index in [1.807, 2.05) is 13.8 Å². The lowest BCUT2D eigenvalue weighted by Gasteiger charge is -2.14. The van der Waals surface area contributed by atoms with Gasteiger partial charge in [0.2, 0.25) is 0 Å². The summed E-state index contributed by atoms with van der Waals surface area (Å²) < 4.78 is 39.3. The van der Waals surface area contributed by atoms with Crippen LogP contribution in [0.15, 0.2) is 81.9 Å². The molecule has 0 heterocycles. The fraction of sp³-hybridized carbons (Fsp3) is 0.148. The fourth-order valence-electron chi connectivity index (χ4n) is 3.90. The first-order chi connectivity index (χ1) is 18.1. The number of para-hydroxylation sites is 2. The highest BCUT2D eigenvalue weighted by molar-refractivity contribution is 7.86. The number of carbonyl (C=O) groups is 1. The Bertz CT molecular complexity index is 1670. The third-order valence-corrected chi connectivity index (χ3v) is 7.04. The first kappa shape index (κ1) is 27.1. The number of amides is 1. The third kappa shape index (κ3) is 5.62. The van der Waals surface area contributed by atoms with Gasteiger partial charge in [0, 0.05) is 5.39 Å². The number of anilines is 1. The van der Waals surface area contributed by atoms with Gasteiger partial charge in [-0.3, -0.25) is 9.35 Å². The normalized spacial score (nSPS) is 11.7. The number of hydrogen-bond donors (Lipinski definition) is 3. The predicted octanol–water partition coefficient (Wildman–Crippen LogP) is 7.07. The van der Waals surface area contributed by atoms with Gasteiger partial charge in [0.15, 0.2) is 5.75 Å². The molecule has 0 bridgehead atoms. The highest BCUT2D eigenvalue weighted by Gasteiger charge is 2.23. The van der Waals surface area contributed by atoms with E-state index in [9.17, 15) is 22.9 Å². The predicted molar refractivity (Wildman–Crippen MR) is 146 cm³/mol. The monoisotopic (exact) mass is 553 g/mol. The minimum absolute atomic E-state index is 0.0642. The lowest BCUT2D eigenvalue weighted by molar-refractivity contribution is 0.102. The zero-order valence-corrected chi connectivity index (χ0v) is 22.0. The van der Waals surface area contributed by atoms with Gasteiger partial charge in [-0.25, -0.2) is 0 Å². The minimum atomic E-state index is -4.74. The van der Waals surface area contributed by atoms with Crippen molar-refractivity contribution in [2.75, 3.05) is 11.9 Å². The van der Waals surface area contributed by atoms with E-state index in [2.05, 4.69) is 15.5 Å². The zero-order chi connectivity index (χ0) is 27.4. The molecule has 0 aliphatic heterocycles. The fourth-order valence-corrected chi connectivity index (χ4v) is 5.10. The molecule has 0 aliphatic rings. The van der Waals surface area contributed by atoms with Gasteiger partial charge in [-0.15, -0.1) is 10.2 Å². The number of halogens is 1. The second-order valence-corrected chi connectivity index (χ2v) is 9.95. The Morgan fingerprint density at radius 3 is 2.45 bits per heavy atom. The number of hydrogen-bond acceptors (Lipinski definition) is 7. The van der Waals surface area contributed by atoms with E-state index >= 15 is 0 Å². The molecule has 0 spiro atoms. The summed E-state index contributed by atoms with van der Waals surface area (Å²) in [5.41, 5.74) is 0.719. The van der Waals surface area contributed by atoms with Crippen LogP contribution < -0.4 is 10.1 Å². The molecule has 1 amide bonds. The number of nitrogens with one attached hydrogen (secondary N) is 1. The van der Waals surface area contributed by atoms with Crippen molar-refractivity contribution in [3.05, 3.63) is 82.9 Å². The number of aryl methyl sites for hydroxylation is 1. The Labute approximate surface area is 224 Å². The summed E-state index contributed by atoms with van der Waals surface area (Å²) in [6.07, 6.45) is 0.515. The summed E-state index contributed by atoms with van der Waals surface area (Å²) in [5, 5.41) is 22.9. The molecular formula is C27H24ClN3O6S. The van der Waals surface area contributed by atoms with Crippen molar-refractivity contribution in [2.45, 2.75) is 25.2 Å². The number of phenolic OH excluding ortho intramolecular Hbond substituents is 1. The number of nitrogens with zero attached hydrogens (tertiary/aromatic N) is 2. The standard InChI is InChI=1S/C27H24ClN3O6S/c1-3-16-13-20(28)26(38(34,35)36)22(14-16)30-31-24-18-10-6-5-9-17(18)15-19(25(24)32)27(33)29-21-11-7-8-12-23(21)37-4-2/h5-15,32H,3-4H2,1-2H3,(H,29,33)(H,34,35,36). The second-order valence-electron chi connectivity index (χ2n) is 8.18. The summed E-state index contributed by atoms with van der Waals surface area (Å²) in [6.45, 7) is 4.06. The molecule has 3 N–H and O–H groups in total. The lowest BCUT2D eigenvalue weighted by Crippen LogP contribution is -2.13. The van der Waals surface area contributed by atoms with Gasteiger partial charge >= 0.3 is 0 Å². The highest BCUT2D eigenvalue weighted by Crippen LogP contribution is 2.41. The van der Waals surface area contributed by atoms with Crippen molar-refractivity contribution in [2.24, 2.45) is 10.2 Å². The average molecular weight is 554 g/mol. The van der Waals surface area contributed by atoms with Crippen LogP contribution >= 0.6 is 11.6 Å². The van der Waals surface area contributed by atoms with Gasteiger partial charge in [0.05, 0.1) is 22.9 Å². The summed E-state index contributed by atoms with van der Waals surface area (Å²) in [7, 11) is -4.74. The van der Waals surface area contributed by atoms with Gasteiger partial charge in [-0.2, -0.15) is 8.42 Å². The average Bonchev–Trinajstić information content (AvgIpc) is 2.88. The number of aromatic hydroxyl groups is 1. The Morgan fingerprint density at radius 1 is 1.03 bits per heavy atom. The molecule has 0 aliphatic carbocycles. The number of carbonyl (C=O) groups excluding carboxylic acids is 1. The largest absolute Gasteiger partial charge is 0.505 e. The first-order valence-electron chi connectivity index (χ1n) is 11.6. The lowest BCUT2D eigenvalue weighted by atomic mass is 10.0. The Hall–Kier alpha value is -3.99. The maximum atomic E-state index is 13.2. The molecule has 196 valence electrons. The molecule has 0 fully saturated rings. The molecule has 0 radical (unpaired) electrons. The maximum absolute atomic E-state index is 13.2. The van der Waals surface area contributed by atoms with Crippen molar-refractivity contribution >= 4 is 55.5 Å². The Morgan fingerprint density at radius 2 is 1.74 bits per heavy atom. The van der Waals surface area contributed by atoms with Crippen molar-refractivity contribution in [1.29, 1.82) is 0 Å². The van der Waals surface area contributed by atoms with Crippen LogP contribution in [0.5, 0.6) is 11.5 Å². The summed E-state index contributed by atoms with van der Waals surface area (Å²) in [6, 6.07) is 18.1. The third-order valence-electron chi connectivity index (χ3n) is 5.68. The van der Waals surface area contributed by atoms with Crippen molar-refractivity contribution in [3.63, 3.8) is 0 Å². The van der Waals surface area contributed by atoms with Crippen LogP contribution in [0.1, 0.15) is 29.8 Å².